The summed E-state index contributed by atoms with van der Waals surface area (Å²) in [4.78, 5) is 17.0. The standard InChI is InChI=1S/C18H19F2N3O2S/c1-23-7-4-18(5-8-23,6-9-23)25-17(24)22-16-15(26-11-21-16)13-3-2-12(19)10-14(13)20/h2-3,10-11H,4-9H2,1H3/p+1. The Bertz CT molecular complexity index is 830. The molecule has 4 heterocycles. The van der Waals surface area contributed by atoms with Gasteiger partial charge in [0.1, 0.15) is 17.2 Å². The Kier molecular flexibility index (Phi) is 4.19. The lowest BCUT2D eigenvalue weighted by Crippen LogP contribution is -2.63. The predicted molar refractivity (Wildman–Crippen MR) is 94.9 cm³/mol. The first kappa shape index (κ1) is 17.4. The second-order valence-corrected chi connectivity index (χ2v) is 8.25. The van der Waals surface area contributed by atoms with Gasteiger partial charge in [-0.2, -0.15) is 0 Å². The van der Waals surface area contributed by atoms with Gasteiger partial charge in [-0.3, -0.25) is 5.32 Å². The van der Waals surface area contributed by atoms with E-state index < -0.39 is 23.3 Å². The van der Waals surface area contributed by atoms with E-state index in [1.807, 2.05) is 0 Å². The lowest BCUT2D eigenvalue weighted by molar-refractivity contribution is -0.926. The number of aromatic nitrogens is 1. The Morgan fingerprint density at radius 1 is 1.27 bits per heavy atom. The maximum absolute atomic E-state index is 14.1. The van der Waals surface area contributed by atoms with Gasteiger partial charge >= 0.3 is 6.09 Å². The Labute approximate surface area is 154 Å². The van der Waals surface area contributed by atoms with Crippen molar-refractivity contribution in [2.45, 2.75) is 24.9 Å². The molecule has 0 unspecified atom stereocenters. The summed E-state index contributed by atoms with van der Waals surface area (Å²) in [5.74, 6) is -1.11. The molecule has 1 aromatic carbocycles. The number of ether oxygens (including phenoxy) is 1. The first-order chi connectivity index (χ1) is 12.4. The average molecular weight is 380 g/mol. The number of carbonyl (C=O) groups excluding carboxylic acids is 1. The highest BCUT2D eigenvalue weighted by molar-refractivity contribution is 7.13. The third-order valence-electron chi connectivity index (χ3n) is 5.59. The monoisotopic (exact) mass is 380 g/mol. The lowest BCUT2D eigenvalue weighted by Gasteiger charge is -2.51. The van der Waals surface area contributed by atoms with E-state index in [4.69, 9.17) is 4.74 Å². The van der Waals surface area contributed by atoms with Crippen LogP contribution in [0.1, 0.15) is 19.3 Å². The highest BCUT2D eigenvalue weighted by Crippen LogP contribution is 2.39. The zero-order chi connectivity index (χ0) is 18.4. The fourth-order valence-corrected chi connectivity index (χ4v) is 4.57. The van der Waals surface area contributed by atoms with Gasteiger partial charge in [0, 0.05) is 30.9 Å². The molecule has 26 heavy (non-hydrogen) atoms. The van der Waals surface area contributed by atoms with Crippen molar-refractivity contribution >= 4 is 23.2 Å². The third-order valence-corrected chi connectivity index (χ3v) is 6.45. The minimum atomic E-state index is -0.694. The molecule has 3 fully saturated rings. The molecule has 0 saturated carbocycles. The van der Waals surface area contributed by atoms with Crippen LogP contribution in [-0.2, 0) is 4.74 Å². The van der Waals surface area contributed by atoms with Crippen molar-refractivity contribution in [1.82, 2.24) is 4.98 Å². The number of carbonyl (C=O) groups is 1. The summed E-state index contributed by atoms with van der Waals surface area (Å²) < 4.78 is 34.0. The number of quaternary nitrogens is 1. The number of hydrogen-bond donors (Lipinski definition) is 1. The summed E-state index contributed by atoms with van der Waals surface area (Å²) in [7, 11) is 2.24. The molecule has 5 rings (SSSR count). The van der Waals surface area contributed by atoms with Crippen LogP contribution in [0.15, 0.2) is 23.7 Å². The zero-order valence-corrected chi connectivity index (χ0v) is 15.2. The molecule has 0 spiro atoms. The second-order valence-electron chi connectivity index (χ2n) is 7.39. The molecular formula is C18H20F2N3O2S+. The number of nitrogens with zero attached hydrogens (tertiary/aromatic N) is 2. The van der Waals surface area contributed by atoms with Crippen LogP contribution in [0.5, 0.6) is 0 Å². The Balaban J connectivity index is 1.48. The fraction of sp³-hybridized carbons (Fsp3) is 0.444. The largest absolute Gasteiger partial charge is 0.442 e. The predicted octanol–water partition coefficient (Wildman–Crippen LogP) is 4.02. The summed E-state index contributed by atoms with van der Waals surface area (Å²) in [6, 6.07) is 3.34. The first-order valence-electron chi connectivity index (χ1n) is 8.61. The number of benzene rings is 1. The van der Waals surface area contributed by atoms with Crippen LogP contribution in [0.3, 0.4) is 0 Å². The highest BCUT2D eigenvalue weighted by atomic mass is 32.1. The van der Waals surface area contributed by atoms with Crippen LogP contribution >= 0.6 is 11.3 Å². The van der Waals surface area contributed by atoms with E-state index in [1.54, 1.807) is 0 Å². The number of nitrogens with one attached hydrogen (secondary N) is 1. The van der Waals surface area contributed by atoms with Crippen molar-refractivity contribution in [3.8, 4) is 10.4 Å². The zero-order valence-electron chi connectivity index (χ0n) is 14.4. The van der Waals surface area contributed by atoms with Gasteiger partial charge < -0.3 is 9.22 Å². The molecule has 1 amide bonds. The minimum absolute atomic E-state index is 0.200. The molecular weight excluding hydrogens is 360 g/mol. The van der Waals surface area contributed by atoms with Crippen molar-refractivity contribution in [2.75, 3.05) is 32.0 Å². The molecule has 2 aromatic rings. The van der Waals surface area contributed by atoms with Crippen LogP contribution in [0.25, 0.3) is 10.4 Å². The summed E-state index contributed by atoms with van der Waals surface area (Å²) in [6.07, 6.45) is 1.99. The molecule has 0 radical (unpaired) electrons. The molecule has 1 aromatic heterocycles. The van der Waals surface area contributed by atoms with E-state index in [9.17, 15) is 13.6 Å². The second kappa shape index (κ2) is 6.28. The highest BCUT2D eigenvalue weighted by Gasteiger charge is 2.49. The quantitative estimate of drug-likeness (QED) is 0.819. The van der Waals surface area contributed by atoms with Gasteiger partial charge in [-0.25, -0.2) is 18.6 Å². The normalized spacial score (nSPS) is 27.3. The number of anilines is 1. The van der Waals surface area contributed by atoms with Gasteiger partial charge in [-0.15, -0.1) is 11.3 Å². The molecule has 1 N–H and O–H groups in total. The van der Waals surface area contributed by atoms with Crippen LogP contribution in [0.4, 0.5) is 19.4 Å². The average Bonchev–Trinajstić information content (AvgIpc) is 3.04. The number of piperidine rings is 3. The van der Waals surface area contributed by atoms with Gasteiger partial charge in [0.25, 0.3) is 0 Å². The van der Waals surface area contributed by atoms with Gasteiger partial charge in [-0.1, -0.05) is 0 Å². The van der Waals surface area contributed by atoms with E-state index in [0.29, 0.717) is 4.88 Å². The lowest BCUT2D eigenvalue weighted by atomic mass is 9.81. The summed E-state index contributed by atoms with van der Waals surface area (Å²) in [6.45, 7) is 3.03. The van der Waals surface area contributed by atoms with Crippen molar-refractivity contribution < 1.29 is 22.8 Å². The number of fused-ring (bicyclic) bond motifs is 3. The van der Waals surface area contributed by atoms with E-state index >= 15 is 0 Å². The van der Waals surface area contributed by atoms with Crippen molar-refractivity contribution in [1.29, 1.82) is 0 Å². The topological polar surface area (TPSA) is 51.2 Å². The molecule has 2 bridgehead atoms. The van der Waals surface area contributed by atoms with Crippen molar-refractivity contribution in [3.63, 3.8) is 0 Å². The van der Waals surface area contributed by atoms with E-state index in [2.05, 4.69) is 17.3 Å². The van der Waals surface area contributed by atoms with E-state index in [1.165, 1.54) is 29.0 Å². The van der Waals surface area contributed by atoms with Crippen molar-refractivity contribution in [3.05, 3.63) is 35.3 Å². The number of thiazole rings is 1. The maximum Gasteiger partial charge on any atom is 0.413 e. The first-order valence-corrected chi connectivity index (χ1v) is 9.49. The molecule has 8 heteroatoms. The minimum Gasteiger partial charge on any atom is -0.442 e. The molecule has 0 aliphatic carbocycles. The van der Waals surface area contributed by atoms with Gasteiger partial charge in [0.2, 0.25) is 0 Å². The molecule has 3 saturated heterocycles. The van der Waals surface area contributed by atoms with Gasteiger partial charge in [-0.05, 0) is 12.1 Å². The number of amides is 1. The van der Waals surface area contributed by atoms with Crippen LogP contribution in [0, 0.1) is 11.6 Å². The summed E-state index contributed by atoms with van der Waals surface area (Å²) in [5.41, 5.74) is 1.30. The molecule has 5 nitrogen and oxygen atoms in total. The Morgan fingerprint density at radius 3 is 2.62 bits per heavy atom. The fourth-order valence-electron chi connectivity index (χ4n) is 3.80. The van der Waals surface area contributed by atoms with Crippen LogP contribution in [0.2, 0.25) is 0 Å². The SMILES string of the molecule is C[N+]12CCC(OC(=O)Nc3ncsc3-c3ccc(F)cc3F)(CC1)CC2. The van der Waals surface area contributed by atoms with Crippen LogP contribution < -0.4 is 5.32 Å². The molecule has 138 valence electrons. The molecule has 0 atom stereocenters. The molecule has 3 aliphatic rings. The van der Waals surface area contributed by atoms with E-state index in [0.717, 1.165) is 49.4 Å². The van der Waals surface area contributed by atoms with Crippen molar-refractivity contribution in [2.24, 2.45) is 0 Å². The van der Waals surface area contributed by atoms with E-state index in [-0.39, 0.29) is 11.4 Å². The number of halogens is 2. The molecule has 3 aliphatic heterocycles. The third kappa shape index (κ3) is 3.19. The summed E-state index contributed by atoms with van der Waals surface area (Å²) in [5, 5.41) is 2.64. The number of hydrogen-bond acceptors (Lipinski definition) is 4. The Hall–Kier alpha value is -2.06. The maximum atomic E-state index is 14.1. The number of rotatable bonds is 3. The Morgan fingerprint density at radius 2 is 1.96 bits per heavy atom. The van der Waals surface area contributed by atoms with Crippen LogP contribution in [-0.4, -0.2) is 47.8 Å². The smallest absolute Gasteiger partial charge is 0.413 e. The van der Waals surface area contributed by atoms with Gasteiger partial charge in [0.15, 0.2) is 5.82 Å². The summed E-state index contributed by atoms with van der Waals surface area (Å²) >= 11 is 1.18. The van der Waals surface area contributed by atoms with Gasteiger partial charge in [0.05, 0.1) is 37.1 Å².